The highest BCUT2D eigenvalue weighted by Gasteiger charge is 2.21. The van der Waals surface area contributed by atoms with E-state index < -0.39 is 0 Å². The van der Waals surface area contributed by atoms with E-state index in [1.54, 1.807) is 19.1 Å². The summed E-state index contributed by atoms with van der Waals surface area (Å²) in [6, 6.07) is 7.97. The molecular formula is C24H27N3O4. The number of aromatic nitrogens is 2. The first-order valence-electron chi connectivity index (χ1n) is 10.3. The van der Waals surface area contributed by atoms with Gasteiger partial charge < -0.3 is 24.1 Å². The van der Waals surface area contributed by atoms with Gasteiger partial charge in [0.25, 0.3) is 0 Å². The van der Waals surface area contributed by atoms with Crippen LogP contribution in [0, 0.1) is 0 Å². The van der Waals surface area contributed by atoms with E-state index in [9.17, 15) is 4.79 Å². The van der Waals surface area contributed by atoms with E-state index in [4.69, 9.17) is 14.2 Å². The number of aromatic amines is 1. The van der Waals surface area contributed by atoms with Crippen molar-refractivity contribution in [1.82, 2.24) is 14.9 Å². The number of nitrogens with one attached hydrogen (secondary N) is 1. The van der Waals surface area contributed by atoms with E-state index in [1.165, 1.54) is 5.57 Å². The molecule has 0 atom stereocenters. The molecule has 0 saturated carbocycles. The summed E-state index contributed by atoms with van der Waals surface area (Å²) >= 11 is 0. The van der Waals surface area contributed by atoms with Crippen LogP contribution in [0.25, 0.3) is 27.7 Å². The van der Waals surface area contributed by atoms with Gasteiger partial charge in [0.15, 0.2) is 11.5 Å². The van der Waals surface area contributed by atoms with E-state index in [0.717, 1.165) is 34.1 Å². The van der Waals surface area contributed by atoms with Crippen molar-refractivity contribution in [2.45, 2.75) is 26.4 Å². The van der Waals surface area contributed by atoms with Crippen LogP contribution >= 0.6 is 0 Å². The molecule has 3 aromatic rings. The standard InChI is InChI=1S/C24H27N3O4/c1-15(2)31-24(28)27-9-7-16(8-10-27)20-14-26-23-19(20)11-18(13-25-23)17-5-6-21(29-3)22(12-17)30-4/h5-7,11-15H,8-10H2,1-4H3,(H,25,26). The van der Waals surface area contributed by atoms with Crippen molar-refractivity contribution >= 4 is 22.7 Å². The number of H-pyrrole nitrogens is 1. The first kappa shape index (κ1) is 20.8. The minimum Gasteiger partial charge on any atom is -0.493 e. The van der Waals surface area contributed by atoms with Gasteiger partial charge >= 0.3 is 6.09 Å². The number of amides is 1. The lowest BCUT2D eigenvalue weighted by Gasteiger charge is -2.26. The van der Waals surface area contributed by atoms with Crippen molar-refractivity contribution in [3.63, 3.8) is 0 Å². The van der Waals surface area contributed by atoms with Crippen molar-refractivity contribution in [2.24, 2.45) is 0 Å². The third kappa shape index (κ3) is 4.21. The molecule has 7 heteroatoms. The molecule has 0 unspecified atom stereocenters. The summed E-state index contributed by atoms with van der Waals surface area (Å²) in [6.45, 7) is 4.89. The van der Waals surface area contributed by atoms with E-state index in [2.05, 4.69) is 22.1 Å². The van der Waals surface area contributed by atoms with Crippen molar-refractivity contribution in [1.29, 1.82) is 0 Å². The number of carbonyl (C=O) groups excluding carboxylic acids is 1. The van der Waals surface area contributed by atoms with E-state index in [0.29, 0.717) is 24.6 Å². The molecule has 0 aliphatic carbocycles. The lowest BCUT2D eigenvalue weighted by atomic mass is 9.98. The minimum absolute atomic E-state index is 0.118. The Labute approximate surface area is 181 Å². The van der Waals surface area contributed by atoms with Crippen LogP contribution in [-0.4, -0.2) is 54.4 Å². The van der Waals surface area contributed by atoms with E-state index in [1.807, 2.05) is 44.4 Å². The van der Waals surface area contributed by atoms with Crippen molar-refractivity contribution in [3.8, 4) is 22.6 Å². The van der Waals surface area contributed by atoms with Crippen LogP contribution in [0.2, 0.25) is 0 Å². The fourth-order valence-corrected chi connectivity index (χ4v) is 3.80. The van der Waals surface area contributed by atoms with Gasteiger partial charge in [-0.25, -0.2) is 9.78 Å². The molecule has 2 aromatic heterocycles. The Hall–Kier alpha value is -3.48. The van der Waals surface area contributed by atoms with Gasteiger partial charge in [0, 0.05) is 42.0 Å². The first-order valence-corrected chi connectivity index (χ1v) is 10.3. The highest BCUT2D eigenvalue weighted by molar-refractivity contribution is 5.93. The predicted molar refractivity (Wildman–Crippen MR) is 120 cm³/mol. The Morgan fingerprint density at radius 3 is 2.61 bits per heavy atom. The Bertz CT molecular complexity index is 1130. The molecule has 0 saturated heterocycles. The molecule has 3 heterocycles. The molecule has 0 radical (unpaired) electrons. The van der Waals surface area contributed by atoms with Crippen LogP contribution in [0.4, 0.5) is 4.79 Å². The normalized spacial score (nSPS) is 14.0. The number of ether oxygens (including phenoxy) is 3. The monoisotopic (exact) mass is 421 g/mol. The van der Waals surface area contributed by atoms with E-state index >= 15 is 0 Å². The molecule has 31 heavy (non-hydrogen) atoms. The Morgan fingerprint density at radius 2 is 1.94 bits per heavy atom. The van der Waals surface area contributed by atoms with Crippen LogP contribution < -0.4 is 9.47 Å². The average Bonchev–Trinajstić information content (AvgIpc) is 3.21. The zero-order valence-electron chi connectivity index (χ0n) is 18.3. The average molecular weight is 421 g/mol. The second kappa shape index (κ2) is 8.71. The van der Waals surface area contributed by atoms with Crippen LogP contribution in [-0.2, 0) is 4.74 Å². The van der Waals surface area contributed by atoms with Gasteiger partial charge in [-0.15, -0.1) is 0 Å². The second-order valence-corrected chi connectivity index (χ2v) is 7.75. The largest absolute Gasteiger partial charge is 0.493 e. The van der Waals surface area contributed by atoms with Crippen molar-refractivity contribution < 1.29 is 19.0 Å². The van der Waals surface area contributed by atoms with Crippen molar-refractivity contribution in [2.75, 3.05) is 27.3 Å². The third-order valence-corrected chi connectivity index (χ3v) is 5.40. The minimum atomic E-state index is -0.262. The molecule has 7 nitrogen and oxygen atoms in total. The maximum atomic E-state index is 12.2. The van der Waals surface area contributed by atoms with Crippen LogP contribution in [0.3, 0.4) is 0 Å². The number of methoxy groups -OCH3 is 2. The highest BCUT2D eigenvalue weighted by Crippen LogP contribution is 2.35. The summed E-state index contributed by atoms with van der Waals surface area (Å²) in [5.41, 5.74) is 5.14. The number of fused-ring (bicyclic) bond motifs is 1. The zero-order chi connectivity index (χ0) is 22.0. The number of benzene rings is 1. The topological polar surface area (TPSA) is 76.7 Å². The number of nitrogens with zero attached hydrogens (tertiary/aromatic N) is 2. The molecule has 1 N–H and O–H groups in total. The van der Waals surface area contributed by atoms with Gasteiger partial charge in [-0.2, -0.15) is 0 Å². The smallest absolute Gasteiger partial charge is 0.410 e. The maximum Gasteiger partial charge on any atom is 0.410 e. The molecule has 0 fully saturated rings. The summed E-state index contributed by atoms with van der Waals surface area (Å²) in [5.74, 6) is 1.37. The lowest BCUT2D eigenvalue weighted by Crippen LogP contribution is -2.36. The fraction of sp³-hybridized carbons (Fsp3) is 0.333. The SMILES string of the molecule is COc1ccc(-c2cnc3[nH]cc(C4=CCN(C(=O)OC(C)C)CC4)c3c2)cc1OC. The molecule has 0 spiro atoms. The molecule has 4 rings (SSSR count). The fourth-order valence-electron chi connectivity index (χ4n) is 3.80. The van der Waals surface area contributed by atoms with Crippen molar-refractivity contribution in [3.05, 3.63) is 48.3 Å². The molecule has 1 aliphatic heterocycles. The second-order valence-electron chi connectivity index (χ2n) is 7.75. The predicted octanol–water partition coefficient (Wildman–Crippen LogP) is 4.88. The summed E-state index contributed by atoms with van der Waals surface area (Å²) < 4.78 is 16.1. The van der Waals surface area contributed by atoms with Gasteiger partial charge in [0.2, 0.25) is 0 Å². The summed E-state index contributed by atoms with van der Waals surface area (Å²) in [4.78, 5) is 21.8. The third-order valence-electron chi connectivity index (χ3n) is 5.40. The number of carbonyl (C=O) groups is 1. The molecule has 1 amide bonds. The molecule has 1 aliphatic rings. The van der Waals surface area contributed by atoms with Gasteiger partial charge in [0.1, 0.15) is 5.65 Å². The summed E-state index contributed by atoms with van der Waals surface area (Å²) in [6.07, 6.45) is 6.32. The van der Waals surface area contributed by atoms with Crippen LogP contribution in [0.5, 0.6) is 11.5 Å². The van der Waals surface area contributed by atoms with Gasteiger partial charge in [0.05, 0.1) is 20.3 Å². The quantitative estimate of drug-likeness (QED) is 0.635. The van der Waals surface area contributed by atoms with Gasteiger partial charge in [-0.3, -0.25) is 0 Å². The Kier molecular flexibility index (Phi) is 5.84. The molecule has 162 valence electrons. The number of rotatable bonds is 5. The van der Waals surface area contributed by atoms with Gasteiger partial charge in [-0.1, -0.05) is 12.1 Å². The first-order chi connectivity index (χ1) is 15.0. The Morgan fingerprint density at radius 1 is 1.13 bits per heavy atom. The highest BCUT2D eigenvalue weighted by atomic mass is 16.6. The van der Waals surface area contributed by atoms with Gasteiger partial charge in [-0.05, 0) is 49.6 Å². The van der Waals surface area contributed by atoms with E-state index in [-0.39, 0.29) is 12.2 Å². The maximum absolute atomic E-state index is 12.2. The number of pyridine rings is 1. The van der Waals surface area contributed by atoms with Crippen LogP contribution in [0.15, 0.2) is 42.7 Å². The number of hydrogen-bond acceptors (Lipinski definition) is 5. The molecule has 1 aromatic carbocycles. The molecular weight excluding hydrogens is 394 g/mol. The lowest BCUT2D eigenvalue weighted by molar-refractivity contribution is 0.0799. The number of hydrogen-bond donors (Lipinski definition) is 1. The summed E-state index contributed by atoms with van der Waals surface area (Å²) in [5, 5.41) is 1.05. The molecule has 0 bridgehead atoms. The van der Waals surface area contributed by atoms with Crippen LogP contribution in [0.1, 0.15) is 25.8 Å². The zero-order valence-corrected chi connectivity index (χ0v) is 18.3. The summed E-state index contributed by atoms with van der Waals surface area (Å²) in [7, 11) is 3.25. The Balaban J connectivity index is 1.63.